The minimum atomic E-state index is 0.482. The molecule has 6 heteroatoms. The predicted molar refractivity (Wildman–Crippen MR) is 102 cm³/mol. The van der Waals surface area contributed by atoms with Crippen LogP contribution in [0.1, 0.15) is 18.4 Å². The molecule has 0 amide bonds. The molecule has 1 saturated heterocycles. The smallest absolute Gasteiger partial charge is 0.134 e. The summed E-state index contributed by atoms with van der Waals surface area (Å²) in [7, 11) is 1.89. The average molecular weight is 336 g/mol. The van der Waals surface area contributed by atoms with Gasteiger partial charge in [0.25, 0.3) is 0 Å². The summed E-state index contributed by atoms with van der Waals surface area (Å²) < 4.78 is 0. The largest absolute Gasteiger partial charge is 0.373 e. The van der Waals surface area contributed by atoms with Crippen LogP contribution in [0.5, 0.6) is 0 Å². The van der Waals surface area contributed by atoms with Crippen molar-refractivity contribution in [2.75, 3.05) is 30.4 Å². The molecule has 3 N–H and O–H groups in total. The molecule has 0 saturated carbocycles. The van der Waals surface area contributed by atoms with Crippen molar-refractivity contribution in [1.29, 1.82) is 0 Å². The molecule has 0 bridgehead atoms. The molecule has 0 spiro atoms. The van der Waals surface area contributed by atoms with Gasteiger partial charge in [-0.2, -0.15) is 0 Å². The number of nitrogens with one attached hydrogen (secondary N) is 3. The number of rotatable bonds is 6. The van der Waals surface area contributed by atoms with E-state index in [1.165, 1.54) is 29.3 Å². The number of nitrogens with zero attached hydrogens (tertiary/aromatic N) is 3. The SMILES string of the molecule is CNc1cc(N2CCC[C@@H]2CNCc2ccc3[nH]ccc3c2)ncn1. The third kappa shape index (κ3) is 3.44. The molecule has 3 aromatic rings. The van der Waals surface area contributed by atoms with Crippen LogP contribution in [0.25, 0.3) is 10.9 Å². The van der Waals surface area contributed by atoms with Crippen molar-refractivity contribution in [3.05, 3.63) is 48.4 Å². The highest BCUT2D eigenvalue weighted by molar-refractivity contribution is 5.79. The minimum Gasteiger partial charge on any atom is -0.373 e. The number of hydrogen-bond acceptors (Lipinski definition) is 5. The normalized spacial score (nSPS) is 17.3. The highest BCUT2D eigenvalue weighted by Crippen LogP contribution is 2.24. The molecule has 25 heavy (non-hydrogen) atoms. The zero-order valence-corrected chi connectivity index (χ0v) is 14.5. The fourth-order valence-corrected chi connectivity index (χ4v) is 3.59. The van der Waals surface area contributed by atoms with Crippen LogP contribution < -0.4 is 15.5 Å². The van der Waals surface area contributed by atoms with E-state index in [4.69, 9.17) is 0 Å². The fraction of sp³-hybridized carbons (Fsp3) is 0.368. The van der Waals surface area contributed by atoms with Crippen LogP contribution in [0, 0.1) is 0 Å². The Hall–Kier alpha value is -2.60. The Labute approximate surface area is 147 Å². The molecule has 1 aliphatic rings. The van der Waals surface area contributed by atoms with Gasteiger partial charge < -0.3 is 20.5 Å². The van der Waals surface area contributed by atoms with Crippen molar-refractivity contribution < 1.29 is 0 Å². The number of benzene rings is 1. The van der Waals surface area contributed by atoms with Crippen LogP contribution >= 0.6 is 0 Å². The second kappa shape index (κ2) is 7.11. The average Bonchev–Trinajstić information content (AvgIpc) is 3.30. The maximum Gasteiger partial charge on any atom is 0.134 e. The molecule has 0 unspecified atom stereocenters. The van der Waals surface area contributed by atoms with Gasteiger partial charge in [-0.25, -0.2) is 9.97 Å². The maximum atomic E-state index is 4.46. The maximum absolute atomic E-state index is 4.46. The van der Waals surface area contributed by atoms with Gasteiger partial charge in [0.15, 0.2) is 0 Å². The molecule has 1 fully saturated rings. The van der Waals surface area contributed by atoms with E-state index in [0.717, 1.165) is 31.3 Å². The summed E-state index contributed by atoms with van der Waals surface area (Å²) in [6.07, 6.45) is 6.03. The van der Waals surface area contributed by atoms with E-state index in [0.29, 0.717) is 6.04 Å². The molecule has 2 aromatic heterocycles. The van der Waals surface area contributed by atoms with Gasteiger partial charge in [-0.15, -0.1) is 0 Å². The third-order valence-corrected chi connectivity index (χ3v) is 4.91. The van der Waals surface area contributed by atoms with Crippen molar-refractivity contribution in [2.45, 2.75) is 25.4 Å². The molecule has 0 radical (unpaired) electrons. The first-order valence-electron chi connectivity index (χ1n) is 8.86. The standard InChI is InChI=1S/C19H24N6/c1-20-18-10-19(24-13-23-18)25-8-2-3-16(25)12-21-11-14-4-5-17-15(9-14)6-7-22-17/h4-7,9-10,13,16,21-22H,2-3,8,11-12H2,1H3,(H,20,23,24)/t16-/m1/s1. The van der Waals surface area contributed by atoms with Gasteiger partial charge in [0.1, 0.15) is 18.0 Å². The van der Waals surface area contributed by atoms with Gasteiger partial charge >= 0.3 is 0 Å². The lowest BCUT2D eigenvalue weighted by Crippen LogP contribution is -2.38. The monoisotopic (exact) mass is 336 g/mol. The van der Waals surface area contributed by atoms with Crippen molar-refractivity contribution in [3.8, 4) is 0 Å². The first-order chi connectivity index (χ1) is 12.3. The van der Waals surface area contributed by atoms with Gasteiger partial charge in [-0.05, 0) is 42.0 Å². The summed E-state index contributed by atoms with van der Waals surface area (Å²) in [6.45, 7) is 2.91. The van der Waals surface area contributed by atoms with Crippen molar-refractivity contribution in [2.24, 2.45) is 0 Å². The quantitative estimate of drug-likeness (QED) is 0.646. The van der Waals surface area contributed by atoms with Gasteiger partial charge in [-0.3, -0.25) is 0 Å². The van der Waals surface area contributed by atoms with Crippen LogP contribution in [-0.2, 0) is 6.54 Å². The zero-order valence-electron chi connectivity index (χ0n) is 14.5. The summed E-state index contributed by atoms with van der Waals surface area (Å²) in [5, 5.41) is 7.97. The van der Waals surface area contributed by atoms with Crippen LogP contribution in [0.3, 0.4) is 0 Å². The Kier molecular flexibility index (Phi) is 4.52. The van der Waals surface area contributed by atoms with E-state index in [1.54, 1.807) is 6.33 Å². The number of hydrogen-bond donors (Lipinski definition) is 3. The number of H-pyrrole nitrogens is 1. The third-order valence-electron chi connectivity index (χ3n) is 4.91. The van der Waals surface area contributed by atoms with Gasteiger partial charge in [-0.1, -0.05) is 6.07 Å². The second-order valence-corrected chi connectivity index (χ2v) is 6.53. The van der Waals surface area contributed by atoms with E-state index >= 15 is 0 Å². The minimum absolute atomic E-state index is 0.482. The first-order valence-corrected chi connectivity index (χ1v) is 8.86. The van der Waals surface area contributed by atoms with Crippen molar-refractivity contribution in [3.63, 3.8) is 0 Å². The summed E-state index contributed by atoms with van der Waals surface area (Å²) in [4.78, 5) is 14.3. The first kappa shape index (κ1) is 15.9. The summed E-state index contributed by atoms with van der Waals surface area (Å²) >= 11 is 0. The summed E-state index contributed by atoms with van der Waals surface area (Å²) in [6, 6.07) is 11.2. The van der Waals surface area contributed by atoms with E-state index in [9.17, 15) is 0 Å². The molecule has 130 valence electrons. The van der Waals surface area contributed by atoms with Crippen molar-refractivity contribution in [1.82, 2.24) is 20.3 Å². The Morgan fingerprint density at radius 2 is 2.20 bits per heavy atom. The number of aromatic amines is 1. The lowest BCUT2D eigenvalue weighted by molar-refractivity contribution is 0.571. The van der Waals surface area contributed by atoms with Gasteiger partial charge in [0, 0.05) is 50.5 Å². The Bertz CT molecular complexity index is 843. The number of anilines is 2. The molecule has 6 nitrogen and oxygen atoms in total. The van der Waals surface area contributed by atoms with Crippen LogP contribution in [0.2, 0.25) is 0 Å². The Morgan fingerprint density at radius 3 is 3.12 bits per heavy atom. The highest BCUT2D eigenvalue weighted by atomic mass is 15.2. The molecule has 1 aliphatic heterocycles. The zero-order chi connectivity index (χ0) is 17.1. The van der Waals surface area contributed by atoms with Crippen LogP contribution in [0.4, 0.5) is 11.6 Å². The molecule has 4 rings (SSSR count). The molecule has 1 atom stereocenters. The number of fused-ring (bicyclic) bond motifs is 1. The Balaban J connectivity index is 1.37. The topological polar surface area (TPSA) is 68.9 Å². The Morgan fingerprint density at radius 1 is 1.24 bits per heavy atom. The van der Waals surface area contributed by atoms with Gasteiger partial charge in [0.2, 0.25) is 0 Å². The molecular weight excluding hydrogens is 312 g/mol. The summed E-state index contributed by atoms with van der Waals surface area (Å²) in [5.41, 5.74) is 2.51. The van der Waals surface area contributed by atoms with Crippen LogP contribution in [0.15, 0.2) is 42.9 Å². The van der Waals surface area contributed by atoms with E-state index in [2.05, 4.69) is 54.8 Å². The van der Waals surface area contributed by atoms with E-state index < -0.39 is 0 Å². The van der Waals surface area contributed by atoms with Crippen molar-refractivity contribution >= 4 is 22.5 Å². The molecule has 3 heterocycles. The number of aromatic nitrogens is 3. The van der Waals surface area contributed by atoms with E-state index in [-0.39, 0.29) is 0 Å². The van der Waals surface area contributed by atoms with E-state index in [1.807, 2.05) is 19.3 Å². The molecule has 1 aromatic carbocycles. The highest BCUT2D eigenvalue weighted by Gasteiger charge is 2.25. The second-order valence-electron chi connectivity index (χ2n) is 6.53. The fourth-order valence-electron chi connectivity index (χ4n) is 3.59. The molecule has 0 aliphatic carbocycles. The lowest BCUT2D eigenvalue weighted by atomic mass is 10.1. The predicted octanol–water partition coefficient (Wildman–Crippen LogP) is 2.76. The molecular formula is C19H24N6. The van der Waals surface area contributed by atoms with Crippen LogP contribution in [-0.4, -0.2) is 41.1 Å². The van der Waals surface area contributed by atoms with Gasteiger partial charge in [0.05, 0.1) is 0 Å². The summed E-state index contributed by atoms with van der Waals surface area (Å²) in [5.74, 6) is 1.88. The lowest BCUT2D eigenvalue weighted by Gasteiger charge is -2.26.